The molecule has 2 aromatic carbocycles. The van der Waals surface area contributed by atoms with Crippen LogP contribution in [-0.2, 0) is 11.2 Å². The summed E-state index contributed by atoms with van der Waals surface area (Å²) in [5, 5.41) is 2.56. The quantitative estimate of drug-likeness (QED) is 0.601. The molecule has 1 nitrogen and oxygen atoms in total. The van der Waals surface area contributed by atoms with E-state index in [1.165, 1.54) is 26.4 Å². The first-order valence-electron chi connectivity index (χ1n) is 5.84. The number of benzene rings is 2. The Labute approximate surface area is 110 Å². The molecule has 88 valence electrons. The second-order valence-corrected chi connectivity index (χ2v) is 5.06. The lowest BCUT2D eigenvalue weighted by molar-refractivity contribution is -0.107. The van der Waals surface area contributed by atoms with E-state index in [0.717, 1.165) is 19.1 Å². The normalized spacial score (nSPS) is 10.7. The van der Waals surface area contributed by atoms with Crippen molar-refractivity contribution in [2.24, 2.45) is 0 Å². The van der Waals surface area contributed by atoms with Crippen LogP contribution in [0.15, 0.2) is 34.8 Å². The lowest BCUT2D eigenvalue weighted by atomic mass is 9.98. The van der Waals surface area contributed by atoms with E-state index in [1.54, 1.807) is 0 Å². The Hall–Kier alpha value is -1.15. The number of aldehydes is 1. The van der Waals surface area contributed by atoms with Gasteiger partial charge in [0.05, 0.1) is 0 Å². The first-order valence-corrected chi connectivity index (χ1v) is 6.63. The molecular formula is C15H15BrO. The summed E-state index contributed by atoms with van der Waals surface area (Å²) in [5.74, 6) is 0. The number of hydrogen-bond acceptors (Lipinski definition) is 1. The molecule has 0 bridgehead atoms. The maximum absolute atomic E-state index is 10.4. The largest absolute Gasteiger partial charge is 0.303 e. The molecule has 0 N–H and O–H groups in total. The topological polar surface area (TPSA) is 17.1 Å². The molecule has 0 saturated carbocycles. The third-order valence-electron chi connectivity index (χ3n) is 3.02. The van der Waals surface area contributed by atoms with E-state index >= 15 is 0 Å². The first-order chi connectivity index (χ1) is 8.24. The van der Waals surface area contributed by atoms with Crippen molar-refractivity contribution in [2.45, 2.75) is 26.2 Å². The molecule has 0 saturated heterocycles. The lowest BCUT2D eigenvalue weighted by Gasteiger charge is -2.11. The minimum absolute atomic E-state index is 0.634. The highest BCUT2D eigenvalue weighted by atomic mass is 79.9. The molecule has 0 aromatic heterocycles. The minimum atomic E-state index is 0.634. The van der Waals surface area contributed by atoms with Gasteiger partial charge in [0.2, 0.25) is 0 Å². The number of hydrogen-bond donors (Lipinski definition) is 0. The Balaban J connectivity index is 2.49. The Bertz CT molecular complexity index is 546. The molecule has 2 aromatic rings. The summed E-state index contributed by atoms with van der Waals surface area (Å²) in [6.45, 7) is 2.11. The van der Waals surface area contributed by atoms with Gasteiger partial charge in [-0.15, -0.1) is 0 Å². The van der Waals surface area contributed by atoms with Crippen LogP contribution in [0, 0.1) is 6.92 Å². The molecule has 0 atom stereocenters. The van der Waals surface area contributed by atoms with Crippen molar-refractivity contribution in [1.82, 2.24) is 0 Å². The van der Waals surface area contributed by atoms with Crippen LogP contribution >= 0.6 is 15.9 Å². The number of halogens is 1. The van der Waals surface area contributed by atoms with Crippen molar-refractivity contribution in [3.8, 4) is 0 Å². The molecular weight excluding hydrogens is 276 g/mol. The molecule has 0 aliphatic heterocycles. The first kappa shape index (κ1) is 12.3. The SMILES string of the molecule is Cc1cc2ccccc2c(CCCC=O)c1Br. The van der Waals surface area contributed by atoms with Crippen molar-refractivity contribution < 1.29 is 4.79 Å². The summed E-state index contributed by atoms with van der Waals surface area (Å²) >= 11 is 3.67. The standard InChI is InChI=1S/C15H15BrO/c1-11-10-12-6-2-3-7-13(12)14(15(11)16)8-4-5-9-17/h2-3,6-7,9-10H,4-5,8H2,1H3. The molecule has 17 heavy (non-hydrogen) atoms. The zero-order valence-corrected chi connectivity index (χ0v) is 11.5. The molecule has 2 rings (SSSR count). The Morgan fingerprint density at radius 3 is 2.82 bits per heavy atom. The van der Waals surface area contributed by atoms with Gasteiger partial charge in [-0.1, -0.05) is 46.3 Å². The highest BCUT2D eigenvalue weighted by molar-refractivity contribution is 9.10. The summed E-state index contributed by atoms with van der Waals surface area (Å²) in [6.07, 6.45) is 3.48. The highest BCUT2D eigenvalue weighted by Gasteiger charge is 2.08. The van der Waals surface area contributed by atoms with Crippen LogP contribution in [0.1, 0.15) is 24.0 Å². The van der Waals surface area contributed by atoms with Crippen molar-refractivity contribution in [1.29, 1.82) is 0 Å². The smallest absolute Gasteiger partial charge is 0.120 e. The second kappa shape index (κ2) is 5.46. The number of unbranched alkanes of at least 4 members (excludes halogenated alkanes) is 1. The second-order valence-electron chi connectivity index (χ2n) is 4.27. The van der Waals surface area contributed by atoms with Crippen LogP contribution in [0.2, 0.25) is 0 Å². The van der Waals surface area contributed by atoms with E-state index in [0.29, 0.717) is 6.42 Å². The Kier molecular flexibility index (Phi) is 3.95. The molecule has 0 fully saturated rings. The van der Waals surface area contributed by atoms with Gasteiger partial charge < -0.3 is 4.79 Å². The van der Waals surface area contributed by atoms with Gasteiger partial charge in [0.25, 0.3) is 0 Å². The van der Waals surface area contributed by atoms with Gasteiger partial charge in [0.1, 0.15) is 6.29 Å². The zero-order chi connectivity index (χ0) is 12.3. The fourth-order valence-corrected chi connectivity index (χ4v) is 2.68. The van der Waals surface area contributed by atoms with Crippen LogP contribution in [-0.4, -0.2) is 6.29 Å². The monoisotopic (exact) mass is 290 g/mol. The lowest BCUT2D eigenvalue weighted by Crippen LogP contribution is -1.93. The van der Waals surface area contributed by atoms with Crippen LogP contribution in [0.25, 0.3) is 10.8 Å². The molecule has 0 aliphatic carbocycles. The van der Waals surface area contributed by atoms with E-state index < -0.39 is 0 Å². The Morgan fingerprint density at radius 2 is 2.06 bits per heavy atom. The average molecular weight is 291 g/mol. The molecule has 0 radical (unpaired) electrons. The van der Waals surface area contributed by atoms with Crippen molar-refractivity contribution in [3.63, 3.8) is 0 Å². The maximum atomic E-state index is 10.4. The van der Waals surface area contributed by atoms with Gasteiger partial charge in [0.15, 0.2) is 0 Å². The van der Waals surface area contributed by atoms with E-state index in [9.17, 15) is 4.79 Å². The van der Waals surface area contributed by atoms with Crippen molar-refractivity contribution >= 4 is 33.0 Å². The fraction of sp³-hybridized carbons (Fsp3) is 0.267. The van der Waals surface area contributed by atoms with Crippen LogP contribution < -0.4 is 0 Å². The van der Waals surface area contributed by atoms with Crippen LogP contribution in [0.4, 0.5) is 0 Å². The molecule has 0 heterocycles. The zero-order valence-electron chi connectivity index (χ0n) is 9.87. The van der Waals surface area contributed by atoms with E-state index in [1.807, 2.05) is 0 Å². The van der Waals surface area contributed by atoms with Crippen LogP contribution in [0.5, 0.6) is 0 Å². The molecule has 2 heteroatoms. The molecule has 0 amide bonds. The molecule has 0 unspecified atom stereocenters. The molecule has 0 aliphatic rings. The van der Waals surface area contributed by atoms with Crippen LogP contribution in [0.3, 0.4) is 0 Å². The van der Waals surface area contributed by atoms with Gasteiger partial charge >= 0.3 is 0 Å². The number of carbonyl (C=O) groups excluding carboxylic acids is 1. The van der Waals surface area contributed by atoms with E-state index in [-0.39, 0.29) is 0 Å². The minimum Gasteiger partial charge on any atom is -0.303 e. The summed E-state index contributed by atoms with van der Waals surface area (Å²) in [4.78, 5) is 10.4. The molecule has 0 spiro atoms. The number of carbonyl (C=O) groups is 1. The third kappa shape index (κ3) is 2.58. The number of aryl methyl sites for hydroxylation is 2. The predicted molar refractivity (Wildman–Crippen MR) is 75.4 cm³/mol. The van der Waals surface area contributed by atoms with Gasteiger partial charge in [0, 0.05) is 10.9 Å². The summed E-state index contributed by atoms with van der Waals surface area (Å²) in [5.41, 5.74) is 2.58. The van der Waals surface area contributed by atoms with Gasteiger partial charge in [-0.2, -0.15) is 0 Å². The Morgan fingerprint density at radius 1 is 1.29 bits per heavy atom. The van der Waals surface area contributed by atoms with Crippen molar-refractivity contribution in [3.05, 3.63) is 45.9 Å². The van der Waals surface area contributed by atoms with Crippen molar-refractivity contribution in [2.75, 3.05) is 0 Å². The maximum Gasteiger partial charge on any atom is 0.120 e. The predicted octanol–water partition coefficient (Wildman–Crippen LogP) is 4.43. The average Bonchev–Trinajstić information content (AvgIpc) is 2.34. The van der Waals surface area contributed by atoms with E-state index in [4.69, 9.17) is 0 Å². The van der Waals surface area contributed by atoms with Gasteiger partial charge in [-0.25, -0.2) is 0 Å². The van der Waals surface area contributed by atoms with Gasteiger partial charge in [-0.3, -0.25) is 0 Å². The summed E-state index contributed by atoms with van der Waals surface area (Å²) in [7, 11) is 0. The number of fused-ring (bicyclic) bond motifs is 1. The summed E-state index contributed by atoms with van der Waals surface area (Å²) in [6, 6.07) is 10.6. The summed E-state index contributed by atoms with van der Waals surface area (Å²) < 4.78 is 1.18. The fourth-order valence-electron chi connectivity index (χ4n) is 2.16. The highest BCUT2D eigenvalue weighted by Crippen LogP contribution is 2.31. The van der Waals surface area contributed by atoms with E-state index in [2.05, 4.69) is 53.2 Å². The van der Waals surface area contributed by atoms with Gasteiger partial charge in [-0.05, 0) is 41.7 Å². The number of rotatable bonds is 4. The third-order valence-corrected chi connectivity index (χ3v) is 4.12.